The van der Waals surface area contributed by atoms with Gasteiger partial charge < -0.3 is 9.84 Å². The lowest BCUT2D eigenvalue weighted by Gasteiger charge is -2.18. The fraction of sp³-hybridized carbons (Fsp3) is 0.526. The van der Waals surface area contributed by atoms with E-state index in [9.17, 15) is 4.79 Å². The first-order valence-corrected chi connectivity index (χ1v) is 9.07. The van der Waals surface area contributed by atoms with Crippen molar-refractivity contribution >= 4 is 5.91 Å². The Hall–Kier alpha value is -2.21. The van der Waals surface area contributed by atoms with Crippen molar-refractivity contribution in [3.8, 4) is 11.4 Å². The maximum absolute atomic E-state index is 11.9. The third kappa shape index (κ3) is 5.98. The van der Waals surface area contributed by atoms with Gasteiger partial charge in [-0.3, -0.25) is 9.69 Å². The Labute approximate surface area is 149 Å². The Kier molecular flexibility index (Phi) is 7.60. The van der Waals surface area contributed by atoms with Crippen LogP contribution in [0.2, 0.25) is 0 Å². The quantitative estimate of drug-likeness (QED) is 0.717. The van der Waals surface area contributed by atoms with Crippen LogP contribution in [0.3, 0.4) is 0 Å². The predicted molar refractivity (Wildman–Crippen MR) is 98.0 cm³/mol. The highest BCUT2D eigenvalue weighted by Crippen LogP contribution is 2.17. The molecule has 0 spiro atoms. The molecule has 0 aliphatic heterocycles. The minimum atomic E-state index is 0.0326. The SMILES string of the molecule is CCCNC(=O)CN(CCC)Cc1nc(-c2ccc(CC)cc2)no1. The molecule has 1 heterocycles. The third-order valence-electron chi connectivity index (χ3n) is 3.93. The van der Waals surface area contributed by atoms with Crippen molar-refractivity contribution in [3.63, 3.8) is 0 Å². The van der Waals surface area contributed by atoms with Crippen LogP contribution in [0.15, 0.2) is 28.8 Å². The van der Waals surface area contributed by atoms with Crippen LogP contribution in [0.1, 0.15) is 45.1 Å². The standard InChI is InChI=1S/C19H28N4O2/c1-4-11-20-17(24)13-23(12-5-2)14-18-21-19(22-25-18)16-9-7-15(6-3)8-10-16/h7-10H,4-6,11-14H2,1-3H3,(H,20,24). The van der Waals surface area contributed by atoms with Crippen LogP contribution < -0.4 is 5.32 Å². The molecule has 0 saturated carbocycles. The predicted octanol–water partition coefficient (Wildman–Crippen LogP) is 3.04. The van der Waals surface area contributed by atoms with Crippen molar-refractivity contribution in [1.29, 1.82) is 0 Å². The molecule has 0 aliphatic rings. The maximum atomic E-state index is 11.9. The van der Waals surface area contributed by atoms with Crippen molar-refractivity contribution < 1.29 is 9.32 Å². The molecule has 1 aromatic carbocycles. The molecule has 2 aromatic rings. The summed E-state index contributed by atoms with van der Waals surface area (Å²) in [6, 6.07) is 8.17. The van der Waals surface area contributed by atoms with Gasteiger partial charge in [-0.25, -0.2) is 0 Å². The molecular weight excluding hydrogens is 316 g/mol. The highest BCUT2D eigenvalue weighted by atomic mass is 16.5. The van der Waals surface area contributed by atoms with Crippen LogP contribution >= 0.6 is 0 Å². The number of hydrogen-bond acceptors (Lipinski definition) is 5. The molecule has 0 aliphatic carbocycles. The summed E-state index contributed by atoms with van der Waals surface area (Å²) in [5.41, 5.74) is 2.22. The van der Waals surface area contributed by atoms with E-state index < -0.39 is 0 Å². The smallest absolute Gasteiger partial charge is 0.241 e. The zero-order chi connectivity index (χ0) is 18.1. The molecule has 2 rings (SSSR count). The molecule has 0 bridgehead atoms. The van der Waals surface area contributed by atoms with Gasteiger partial charge in [-0.15, -0.1) is 0 Å². The molecule has 136 valence electrons. The molecule has 0 atom stereocenters. The van der Waals surface area contributed by atoms with Gasteiger partial charge in [-0.05, 0) is 31.4 Å². The fourth-order valence-electron chi connectivity index (χ4n) is 2.57. The third-order valence-corrected chi connectivity index (χ3v) is 3.93. The van der Waals surface area contributed by atoms with Gasteiger partial charge in [0, 0.05) is 12.1 Å². The largest absolute Gasteiger partial charge is 0.355 e. The number of rotatable bonds is 10. The average Bonchev–Trinajstić information content (AvgIpc) is 3.08. The highest BCUT2D eigenvalue weighted by Gasteiger charge is 2.15. The minimum absolute atomic E-state index is 0.0326. The zero-order valence-electron chi connectivity index (χ0n) is 15.4. The van der Waals surface area contributed by atoms with Gasteiger partial charge in [0.2, 0.25) is 17.6 Å². The van der Waals surface area contributed by atoms with Crippen LogP contribution in [0.5, 0.6) is 0 Å². The van der Waals surface area contributed by atoms with Crippen LogP contribution in [-0.2, 0) is 17.8 Å². The second kappa shape index (κ2) is 9.93. The molecule has 1 amide bonds. The number of carbonyl (C=O) groups is 1. The molecule has 1 aromatic heterocycles. The highest BCUT2D eigenvalue weighted by molar-refractivity contribution is 5.77. The lowest BCUT2D eigenvalue weighted by atomic mass is 10.1. The summed E-state index contributed by atoms with van der Waals surface area (Å²) in [4.78, 5) is 18.5. The van der Waals surface area contributed by atoms with E-state index in [1.165, 1.54) is 5.56 Å². The van der Waals surface area contributed by atoms with Gasteiger partial charge in [0.1, 0.15) is 0 Å². The summed E-state index contributed by atoms with van der Waals surface area (Å²) < 4.78 is 5.38. The van der Waals surface area contributed by atoms with E-state index >= 15 is 0 Å². The van der Waals surface area contributed by atoms with Crippen LogP contribution in [-0.4, -0.2) is 40.6 Å². The lowest BCUT2D eigenvalue weighted by Crippen LogP contribution is -2.37. The first kappa shape index (κ1) is 19.1. The van der Waals surface area contributed by atoms with Gasteiger partial charge >= 0.3 is 0 Å². The molecule has 0 unspecified atom stereocenters. The van der Waals surface area contributed by atoms with Crippen LogP contribution in [0.25, 0.3) is 11.4 Å². The Morgan fingerprint density at radius 1 is 1.16 bits per heavy atom. The van der Waals surface area contributed by atoms with Gasteiger partial charge in [-0.2, -0.15) is 4.98 Å². The number of hydrogen-bond donors (Lipinski definition) is 1. The summed E-state index contributed by atoms with van der Waals surface area (Å²) in [7, 11) is 0. The van der Waals surface area contributed by atoms with E-state index in [1.807, 2.05) is 24.0 Å². The molecular formula is C19H28N4O2. The van der Waals surface area contributed by atoms with Crippen LogP contribution in [0.4, 0.5) is 0 Å². The van der Waals surface area contributed by atoms with Crippen molar-refractivity contribution in [3.05, 3.63) is 35.7 Å². The number of amides is 1. The van der Waals surface area contributed by atoms with E-state index in [0.717, 1.165) is 31.4 Å². The van der Waals surface area contributed by atoms with Gasteiger partial charge in [-0.1, -0.05) is 50.2 Å². The van der Waals surface area contributed by atoms with Crippen molar-refractivity contribution in [2.24, 2.45) is 0 Å². The van der Waals surface area contributed by atoms with E-state index in [2.05, 4.69) is 41.4 Å². The molecule has 0 radical (unpaired) electrons. The molecule has 0 fully saturated rings. The Morgan fingerprint density at radius 2 is 1.92 bits per heavy atom. The summed E-state index contributed by atoms with van der Waals surface area (Å²) in [5.74, 6) is 1.15. The minimum Gasteiger partial charge on any atom is -0.355 e. The fourth-order valence-corrected chi connectivity index (χ4v) is 2.57. The number of nitrogens with one attached hydrogen (secondary N) is 1. The van der Waals surface area contributed by atoms with E-state index in [1.54, 1.807) is 0 Å². The normalized spacial score (nSPS) is 11.0. The van der Waals surface area contributed by atoms with Crippen LogP contribution in [0, 0.1) is 0 Å². The van der Waals surface area contributed by atoms with Gasteiger partial charge in [0.25, 0.3) is 0 Å². The van der Waals surface area contributed by atoms with E-state index in [-0.39, 0.29) is 5.91 Å². The number of aryl methyl sites for hydroxylation is 1. The zero-order valence-corrected chi connectivity index (χ0v) is 15.4. The topological polar surface area (TPSA) is 71.3 Å². The van der Waals surface area contributed by atoms with Crippen molar-refractivity contribution in [1.82, 2.24) is 20.4 Å². The Balaban J connectivity index is 1.99. The van der Waals surface area contributed by atoms with Crippen molar-refractivity contribution in [2.45, 2.75) is 46.6 Å². The lowest BCUT2D eigenvalue weighted by molar-refractivity contribution is -0.122. The first-order valence-electron chi connectivity index (χ1n) is 9.07. The maximum Gasteiger partial charge on any atom is 0.241 e. The van der Waals surface area contributed by atoms with E-state index in [4.69, 9.17) is 4.52 Å². The first-order chi connectivity index (χ1) is 12.2. The molecule has 1 N–H and O–H groups in total. The van der Waals surface area contributed by atoms with Gasteiger partial charge in [0.05, 0.1) is 13.1 Å². The van der Waals surface area contributed by atoms with E-state index in [0.29, 0.717) is 31.3 Å². The van der Waals surface area contributed by atoms with Crippen molar-refractivity contribution in [2.75, 3.05) is 19.6 Å². The number of aromatic nitrogens is 2. The second-order valence-corrected chi connectivity index (χ2v) is 6.12. The Bertz CT molecular complexity index is 652. The number of carbonyl (C=O) groups excluding carboxylic acids is 1. The molecule has 6 heteroatoms. The number of benzene rings is 1. The molecule has 0 saturated heterocycles. The summed E-state index contributed by atoms with van der Waals surface area (Å²) in [6.45, 7) is 8.59. The monoisotopic (exact) mass is 344 g/mol. The number of nitrogens with zero attached hydrogens (tertiary/aromatic N) is 3. The second-order valence-electron chi connectivity index (χ2n) is 6.12. The average molecular weight is 344 g/mol. The summed E-state index contributed by atoms with van der Waals surface area (Å²) in [5, 5.41) is 6.97. The molecule has 6 nitrogen and oxygen atoms in total. The molecule has 25 heavy (non-hydrogen) atoms. The summed E-state index contributed by atoms with van der Waals surface area (Å²) in [6.07, 6.45) is 2.90. The van der Waals surface area contributed by atoms with Gasteiger partial charge in [0.15, 0.2) is 0 Å². The Morgan fingerprint density at radius 3 is 2.56 bits per heavy atom. The summed E-state index contributed by atoms with van der Waals surface area (Å²) >= 11 is 0.